The average molecular weight is 602 g/mol. The van der Waals surface area contributed by atoms with E-state index >= 15 is 0 Å². The van der Waals surface area contributed by atoms with E-state index in [1.807, 2.05) is 30.3 Å². The highest BCUT2D eigenvalue weighted by atomic mass is 35.5. The molecule has 4 aromatic carbocycles. The standard InChI is InChI=1S/C33H29ClFN3O3S/c1-21(2)22-14-16-24(17-15-22)36-31(39)20-42-26-11-6-10-25(18-26)37-33(41)30(19-27-28(34)12-7-13-29(27)35)38-32(40)23-8-4-3-5-9-23/h3-19,21H,20H2,1-2H3,(H,36,39)(H,37,41)(H,38,40)/b30-19+. The Labute approximate surface area is 253 Å². The first-order chi connectivity index (χ1) is 20.2. The number of hydrogen-bond acceptors (Lipinski definition) is 4. The van der Waals surface area contributed by atoms with E-state index in [0.717, 1.165) is 10.6 Å². The van der Waals surface area contributed by atoms with Gasteiger partial charge in [0.1, 0.15) is 11.5 Å². The van der Waals surface area contributed by atoms with E-state index in [2.05, 4.69) is 29.8 Å². The van der Waals surface area contributed by atoms with Crippen LogP contribution in [0, 0.1) is 5.82 Å². The van der Waals surface area contributed by atoms with Crippen molar-refractivity contribution in [3.8, 4) is 0 Å². The number of carbonyl (C=O) groups excluding carboxylic acids is 3. The van der Waals surface area contributed by atoms with Crippen molar-refractivity contribution in [2.45, 2.75) is 24.7 Å². The van der Waals surface area contributed by atoms with E-state index in [0.29, 0.717) is 17.2 Å². The van der Waals surface area contributed by atoms with Gasteiger partial charge in [0, 0.05) is 27.4 Å². The van der Waals surface area contributed by atoms with E-state index in [1.54, 1.807) is 48.5 Å². The van der Waals surface area contributed by atoms with Crippen LogP contribution in [0.4, 0.5) is 15.8 Å². The lowest BCUT2D eigenvalue weighted by atomic mass is 10.0. The van der Waals surface area contributed by atoms with Gasteiger partial charge in [-0.05, 0) is 72.2 Å². The van der Waals surface area contributed by atoms with Crippen LogP contribution in [-0.4, -0.2) is 23.5 Å². The summed E-state index contributed by atoms with van der Waals surface area (Å²) in [5.41, 5.74) is 2.43. The van der Waals surface area contributed by atoms with Crippen molar-refractivity contribution in [1.29, 1.82) is 0 Å². The minimum atomic E-state index is -0.677. The number of carbonyl (C=O) groups is 3. The van der Waals surface area contributed by atoms with Gasteiger partial charge in [0.05, 0.1) is 10.8 Å². The van der Waals surface area contributed by atoms with Gasteiger partial charge in [-0.3, -0.25) is 14.4 Å². The van der Waals surface area contributed by atoms with Crippen molar-refractivity contribution in [3.63, 3.8) is 0 Å². The molecule has 0 aliphatic rings. The van der Waals surface area contributed by atoms with Crippen LogP contribution < -0.4 is 16.0 Å². The molecule has 6 nitrogen and oxygen atoms in total. The molecule has 4 rings (SSSR count). The SMILES string of the molecule is CC(C)c1ccc(NC(=O)CSc2cccc(NC(=O)/C(=C\c3c(F)cccc3Cl)NC(=O)c3ccccc3)c2)cc1. The molecule has 42 heavy (non-hydrogen) atoms. The van der Waals surface area contributed by atoms with Crippen molar-refractivity contribution in [3.05, 3.63) is 130 Å². The molecule has 0 spiro atoms. The minimum Gasteiger partial charge on any atom is -0.325 e. The van der Waals surface area contributed by atoms with E-state index < -0.39 is 17.6 Å². The molecule has 0 aliphatic carbocycles. The summed E-state index contributed by atoms with van der Waals surface area (Å²) in [5, 5.41) is 8.28. The topological polar surface area (TPSA) is 87.3 Å². The lowest BCUT2D eigenvalue weighted by Gasteiger charge is -2.13. The maximum atomic E-state index is 14.5. The molecular formula is C33H29ClFN3O3S. The highest BCUT2D eigenvalue weighted by Crippen LogP contribution is 2.25. The molecule has 4 aromatic rings. The first-order valence-corrected chi connectivity index (χ1v) is 14.5. The zero-order chi connectivity index (χ0) is 30.1. The van der Waals surface area contributed by atoms with Crippen molar-refractivity contribution >= 4 is 58.5 Å². The van der Waals surface area contributed by atoms with Gasteiger partial charge < -0.3 is 16.0 Å². The fraction of sp³-hybridized carbons (Fsp3) is 0.121. The summed E-state index contributed by atoms with van der Waals surface area (Å²) in [6.07, 6.45) is 1.20. The number of amides is 3. The van der Waals surface area contributed by atoms with Crippen molar-refractivity contribution in [2.75, 3.05) is 16.4 Å². The Bertz CT molecular complexity index is 1590. The number of benzene rings is 4. The summed E-state index contributed by atoms with van der Waals surface area (Å²) < 4.78 is 14.5. The second-order valence-corrected chi connectivity index (χ2v) is 11.1. The van der Waals surface area contributed by atoms with Crippen LogP contribution >= 0.6 is 23.4 Å². The second-order valence-electron chi connectivity index (χ2n) is 9.61. The molecule has 214 valence electrons. The smallest absolute Gasteiger partial charge is 0.272 e. The van der Waals surface area contributed by atoms with Crippen LogP contribution in [-0.2, 0) is 9.59 Å². The molecular weight excluding hydrogens is 573 g/mol. The zero-order valence-electron chi connectivity index (χ0n) is 23.0. The molecule has 9 heteroatoms. The highest BCUT2D eigenvalue weighted by molar-refractivity contribution is 8.00. The Morgan fingerprint density at radius 2 is 1.57 bits per heavy atom. The van der Waals surface area contributed by atoms with Crippen molar-refractivity contribution in [1.82, 2.24) is 5.32 Å². The number of rotatable bonds is 10. The largest absolute Gasteiger partial charge is 0.325 e. The third kappa shape index (κ3) is 8.55. The van der Waals surface area contributed by atoms with Gasteiger partial charge in [-0.1, -0.05) is 67.9 Å². The molecule has 0 atom stereocenters. The molecule has 0 aliphatic heterocycles. The first-order valence-electron chi connectivity index (χ1n) is 13.2. The van der Waals surface area contributed by atoms with Crippen molar-refractivity contribution < 1.29 is 18.8 Å². The van der Waals surface area contributed by atoms with Crippen LogP contribution in [0.2, 0.25) is 5.02 Å². The molecule has 3 N–H and O–H groups in total. The molecule has 0 fully saturated rings. The van der Waals surface area contributed by atoms with Gasteiger partial charge in [0.15, 0.2) is 0 Å². The summed E-state index contributed by atoms with van der Waals surface area (Å²) in [7, 11) is 0. The molecule has 3 amide bonds. The van der Waals surface area contributed by atoms with Gasteiger partial charge in [0.2, 0.25) is 5.91 Å². The number of halogens is 2. The monoisotopic (exact) mass is 601 g/mol. The molecule has 0 radical (unpaired) electrons. The highest BCUT2D eigenvalue weighted by Gasteiger charge is 2.17. The number of thioether (sulfide) groups is 1. The molecule has 0 saturated carbocycles. The Hall–Kier alpha value is -4.40. The summed E-state index contributed by atoms with van der Waals surface area (Å²) in [5.74, 6) is -1.46. The van der Waals surface area contributed by atoms with Gasteiger partial charge in [-0.15, -0.1) is 11.8 Å². The summed E-state index contributed by atoms with van der Waals surface area (Å²) in [6.45, 7) is 4.22. The maximum absolute atomic E-state index is 14.5. The Morgan fingerprint density at radius 1 is 0.857 bits per heavy atom. The predicted molar refractivity (Wildman–Crippen MR) is 168 cm³/mol. The van der Waals surface area contributed by atoms with Crippen molar-refractivity contribution in [2.24, 2.45) is 0 Å². The predicted octanol–water partition coefficient (Wildman–Crippen LogP) is 7.74. The Balaban J connectivity index is 1.45. The zero-order valence-corrected chi connectivity index (χ0v) is 24.6. The lowest BCUT2D eigenvalue weighted by molar-refractivity contribution is -0.114. The van der Waals surface area contributed by atoms with E-state index in [1.165, 1.54) is 41.6 Å². The van der Waals surface area contributed by atoms with Crippen LogP contribution in [0.5, 0.6) is 0 Å². The fourth-order valence-electron chi connectivity index (χ4n) is 3.89. The Kier molecular flexibility index (Phi) is 10.5. The van der Waals surface area contributed by atoms with Gasteiger partial charge in [-0.2, -0.15) is 0 Å². The Morgan fingerprint density at radius 3 is 2.26 bits per heavy atom. The van der Waals surface area contributed by atoms with E-state index in [-0.39, 0.29) is 27.9 Å². The van der Waals surface area contributed by atoms with Crippen LogP contribution in [0.1, 0.15) is 41.3 Å². The van der Waals surface area contributed by atoms with Crippen LogP contribution in [0.25, 0.3) is 6.08 Å². The van der Waals surface area contributed by atoms with E-state index in [4.69, 9.17) is 11.6 Å². The van der Waals surface area contributed by atoms with Crippen LogP contribution in [0.15, 0.2) is 108 Å². The molecule has 0 aromatic heterocycles. The van der Waals surface area contributed by atoms with Gasteiger partial charge >= 0.3 is 0 Å². The summed E-state index contributed by atoms with van der Waals surface area (Å²) in [4.78, 5) is 39.4. The normalized spacial score (nSPS) is 11.2. The van der Waals surface area contributed by atoms with Gasteiger partial charge in [-0.25, -0.2) is 4.39 Å². The second kappa shape index (κ2) is 14.5. The molecule has 0 bridgehead atoms. The molecule has 0 unspecified atom stereocenters. The van der Waals surface area contributed by atoms with Crippen LogP contribution in [0.3, 0.4) is 0 Å². The van der Waals surface area contributed by atoms with E-state index in [9.17, 15) is 18.8 Å². The number of hydrogen-bond donors (Lipinski definition) is 3. The minimum absolute atomic E-state index is 0.0353. The lowest BCUT2D eigenvalue weighted by Crippen LogP contribution is -2.30. The summed E-state index contributed by atoms with van der Waals surface area (Å²) in [6, 6.07) is 27.2. The summed E-state index contributed by atoms with van der Waals surface area (Å²) >= 11 is 7.48. The average Bonchev–Trinajstić information content (AvgIpc) is 2.98. The van der Waals surface area contributed by atoms with Gasteiger partial charge in [0.25, 0.3) is 11.8 Å². The maximum Gasteiger partial charge on any atom is 0.272 e. The third-order valence-corrected chi connectivity index (χ3v) is 7.46. The molecule has 0 saturated heterocycles. The number of anilines is 2. The first kappa shape index (κ1) is 30.6. The fourth-order valence-corrected chi connectivity index (χ4v) is 4.87. The quantitative estimate of drug-likeness (QED) is 0.128. The third-order valence-electron chi connectivity index (χ3n) is 6.14. The molecule has 0 heterocycles. The number of nitrogens with one attached hydrogen (secondary N) is 3.